The number of rotatable bonds is 4. The molecule has 0 spiro atoms. The van der Waals surface area contributed by atoms with E-state index in [0.29, 0.717) is 6.54 Å². The monoisotopic (exact) mass is 457 g/mol. The van der Waals surface area contributed by atoms with Gasteiger partial charge in [0.1, 0.15) is 11.8 Å². The number of fused-ring (bicyclic) bond motifs is 1. The third-order valence-electron chi connectivity index (χ3n) is 6.30. The minimum atomic E-state index is -0.343. The minimum absolute atomic E-state index is 0.0495. The molecule has 3 heterocycles. The number of benzene rings is 2. The standard InChI is InChI=1S/C22H24BrN3O3/c23-14-6-3-5-13(11-14)21-18-19(16-8-1-2-9-17(16)27)24-25-20(18)22(28)26(21)12-15-7-4-10-29-15/h1-3,5-6,8-9,11,15,18-21,24-25,27H,4,7,10,12H2. The SMILES string of the molecule is O=C1C2NNC(c3ccccc3O)C2C(c2cccc(Br)c2)N1CC1CCCO1. The van der Waals surface area contributed by atoms with Gasteiger partial charge in [-0.3, -0.25) is 4.79 Å². The fourth-order valence-corrected chi connectivity index (χ4v) is 5.44. The van der Waals surface area contributed by atoms with E-state index in [2.05, 4.69) is 38.9 Å². The van der Waals surface area contributed by atoms with Crippen LogP contribution in [0.3, 0.4) is 0 Å². The molecule has 0 aliphatic carbocycles. The molecule has 2 aromatic carbocycles. The van der Waals surface area contributed by atoms with Crippen LogP contribution < -0.4 is 10.9 Å². The van der Waals surface area contributed by atoms with Gasteiger partial charge in [-0.2, -0.15) is 0 Å². The maximum atomic E-state index is 13.4. The van der Waals surface area contributed by atoms with E-state index in [0.717, 1.165) is 35.0 Å². The molecule has 0 aromatic heterocycles. The predicted molar refractivity (Wildman–Crippen MR) is 112 cm³/mol. The third-order valence-corrected chi connectivity index (χ3v) is 6.79. The van der Waals surface area contributed by atoms with Crippen LogP contribution in [0.25, 0.3) is 0 Å². The summed E-state index contributed by atoms with van der Waals surface area (Å²) in [5.41, 5.74) is 8.37. The molecule has 3 aliphatic rings. The van der Waals surface area contributed by atoms with Gasteiger partial charge in [-0.25, -0.2) is 10.9 Å². The molecule has 3 saturated heterocycles. The normalized spacial score (nSPS) is 31.4. The van der Waals surface area contributed by atoms with Crippen molar-refractivity contribution in [3.8, 4) is 5.75 Å². The number of hydrogen-bond donors (Lipinski definition) is 3. The number of hydrogen-bond acceptors (Lipinski definition) is 5. The molecule has 7 heteroatoms. The van der Waals surface area contributed by atoms with E-state index in [1.54, 1.807) is 6.07 Å². The number of carbonyl (C=O) groups is 1. The van der Waals surface area contributed by atoms with Gasteiger partial charge < -0.3 is 14.7 Å². The number of ether oxygens (including phenoxy) is 1. The van der Waals surface area contributed by atoms with Crippen molar-refractivity contribution in [2.45, 2.75) is 37.1 Å². The summed E-state index contributed by atoms with van der Waals surface area (Å²) < 4.78 is 6.83. The molecule has 0 radical (unpaired) electrons. The van der Waals surface area contributed by atoms with Gasteiger partial charge in [0.05, 0.1) is 18.2 Å². The highest BCUT2D eigenvalue weighted by Crippen LogP contribution is 2.49. The number of hydrazine groups is 1. The molecule has 0 bridgehead atoms. The Kier molecular flexibility index (Phi) is 5.07. The topological polar surface area (TPSA) is 73.8 Å². The van der Waals surface area contributed by atoms with E-state index in [9.17, 15) is 9.90 Å². The second-order valence-corrected chi connectivity index (χ2v) is 8.92. The van der Waals surface area contributed by atoms with Crippen LogP contribution in [0.5, 0.6) is 5.75 Å². The molecule has 152 valence electrons. The van der Waals surface area contributed by atoms with E-state index in [1.165, 1.54) is 0 Å². The van der Waals surface area contributed by atoms with Crippen molar-refractivity contribution in [1.82, 2.24) is 15.8 Å². The van der Waals surface area contributed by atoms with Gasteiger partial charge in [-0.15, -0.1) is 0 Å². The largest absolute Gasteiger partial charge is 0.508 e. The first kappa shape index (κ1) is 19.1. The smallest absolute Gasteiger partial charge is 0.242 e. The lowest BCUT2D eigenvalue weighted by atomic mass is 9.83. The first-order chi connectivity index (χ1) is 14.1. The summed E-state index contributed by atoms with van der Waals surface area (Å²) in [6, 6.07) is 14.9. The lowest BCUT2D eigenvalue weighted by Crippen LogP contribution is -2.43. The summed E-state index contributed by atoms with van der Waals surface area (Å²) in [5.74, 6) is 0.276. The van der Waals surface area contributed by atoms with Gasteiger partial charge in [0.25, 0.3) is 0 Å². The summed E-state index contributed by atoms with van der Waals surface area (Å²) in [7, 11) is 0. The summed E-state index contributed by atoms with van der Waals surface area (Å²) in [6.07, 6.45) is 2.12. The molecule has 3 N–H and O–H groups in total. The van der Waals surface area contributed by atoms with Crippen LogP contribution in [0.15, 0.2) is 53.0 Å². The molecule has 2 aromatic rings. The van der Waals surface area contributed by atoms with Crippen molar-refractivity contribution in [2.24, 2.45) is 5.92 Å². The average molecular weight is 458 g/mol. The summed E-state index contributed by atoms with van der Waals surface area (Å²) in [4.78, 5) is 15.4. The summed E-state index contributed by atoms with van der Waals surface area (Å²) in [6.45, 7) is 1.36. The van der Waals surface area contributed by atoms with Crippen molar-refractivity contribution >= 4 is 21.8 Å². The van der Waals surface area contributed by atoms with Gasteiger partial charge >= 0.3 is 0 Å². The molecule has 0 saturated carbocycles. The quantitative estimate of drug-likeness (QED) is 0.657. The van der Waals surface area contributed by atoms with E-state index in [4.69, 9.17) is 4.74 Å². The molecule has 5 unspecified atom stereocenters. The number of nitrogens with one attached hydrogen (secondary N) is 2. The fourth-order valence-electron chi connectivity index (χ4n) is 5.02. The van der Waals surface area contributed by atoms with Crippen molar-refractivity contribution in [1.29, 1.82) is 0 Å². The Labute approximate surface area is 178 Å². The number of phenols is 1. The average Bonchev–Trinajstić information content (AvgIpc) is 3.42. The van der Waals surface area contributed by atoms with E-state index in [-0.39, 0.29) is 41.8 Å². The molecule has 29 heavy (non-hydrogen) atoms. The van der Waals surface area contributed by atoms with Crippen LogP contribution in [0.4, 0.5) is 0 Å². The molecule has 5 rings (SSSR count). The maximum Gasteiger partial charge on any atom is 0.242 e. The van der Waals surface area contributed by atoms with E-state index < -0.39 is 0 Å². The molecule has 5 atom stereocenters. The van der Waals surface area contributed by atoms with Crippen molar-refractivity contribution in [2.75, 3.05) is 13.2 Å². The highest BCUT2D eigenvalue weighted by atomic mass is 79.9. The Morgan fingerprint density at radius 1 is 1.14 bits per heavy atom. The number of para-hydroxylation sites is 1. The van der Waals surface area contributed by atoms with Crippen LogP contribution >= 0.6 is 15.9 Å². The third kappa shape index (κ3) is 3.36. The highest BCUT2D eigenvalue weighted by Gasteiger charge is 2.56. The molecule has 3 aliphatic heterocycles. The number of halogens is 1. The van der Waals surface area contributed by atoms with Gasteiger partial charge in [-0.05, 0) is 36.6 Å². The predicted octanol–water partition coefficient (Wildman–Crippen LogP) is 3.05. The Morgan fingerprint density at radius 3 is 2.72 bits per heavy atom. The maximum absolute atomic E-state index is 13.4. The summed E-state index contributed by atoms with van der Waals surface area (Å²) >= 11 is 3.58. The Morgan fingerprint density at radius 2 is 1.97 bits per heavy atom. The zero-order valence-electron chi connectivity index (χ0n) is 15.9. The molecule has 6 nitrogen and oxygen atoms in total. The second kappa shape index (κ2) is 7.72. The molecular weight excluding hydrogens is 434 g/mol. The van der Waals surface area contributed by atoms with Gasteiger partial charge in [0, 0.05) is 29.1 Å². The number of likely N-dealkylation sites (tertiary alicyclic amines) is 1. The number of phenolic OH excluding ortho intramolecular Hbond substituents is 1. The van der Waals surface area contributed by atoms with Crippen LogP contribution in [-0.4, -0.2) is 41.2 Å². The molecular formula is C22H24BrN3O3. The zero-order valence-corrected chi connectivity index (χ0v) is 17.5. The highest BCUT2D eigenvalue weighted by molar-refractivity contribution is 9.10. The second-order valence-electron chi connectivity index (χ2n) is 8.01. The number of nitrogens with zero attached hydrogens (tertiary/aromatic N) is 1. The van der Waals surface area contributed by atoms with Crippen molar-refractivity contribution in [3.63, 3.8) is 0 Å². The van der Waals surface area contributed by atoms with Crippen LogP contribution in [0, 0.1) is 5.92 Å². The van der Waals surface area contributed by atoms with Crippen molar-refractivity contribution in [3.05, 3.63) is 64.1 Å². The van der Waals surface area contributed by atoms with Crippen LogP contribution in [0.2, 0.25) is 0 Å². The Hall–Kier alpha value is -1.93. The Balaban J connectivity index is 1.56. The molecule has 1 amide bonds. The first-order valence-corrected chi connectivity index (χ1v) is 10.9. The van der Waals surface area contributed by atoms with Crippen LogP contribution in [-0.2, 0) is 9.53 Å². The zero-order chi connectivity index (χ0) is 20.0. The van der Waals surface area contributed by atoms with Gasteiger partial charge in [0.15, 0.2) is 0 Å². The van der Waals surface area contributed by atoms with Gasteiger partial charge in [0.2, 0.25) is 5.91 Å². The lowest BCUT2D eigenvalue weighted by Gasteiger charge is -2.32. The number of amides is 1. The van der Waals surface area contributed by atoms with Gasteiger partial charge in [-0.1, -0.05) is 46.3 Å². The fraction of sp³-hybridized carbons (Fsp3) is 0.409. The van der Waals surface area contributed by atoms with Crippen molar-refractivity contribution < 1.29 is 14.6 Å². The Bertz CT molecular complexity index is 918. The minimum Gasteiger partial charge on any atom is -0.508 e. The van der Waals surface area contributed by atoms with E-state index >= 15 is 0 Å². The summed E-state index contributed by atoms with van der Waals surface area (Å²) in [5, 5.41) is 10.5. The first-order valence-electron chi connectivity index (χ1n) is 10.1. The van der Waals surface area contributed by atoms with E-state index in [1.807, 2.05) is 35.2 Å². The lowest BCUT2D eigenvalue weighted by molar-refractivity contribution is -0.132. The van der Waals surface area contributed by atoms with Crippen LogP contribution in [0.1, 0.15) is 36.1 Å². The number of aromatic hydroxyl groups is 1. The number of carbonyl (C=O) groups excluding carboxylic acids is 1. The molecule has 3 fully saturated rings.